The summed E-state index contributed by atoms with van der Waals surface area (Å²) in [4.78, 5) is 27.6. The van der Waals surface area contributed by atoms with Crippen molar-refractivity contribution in [2.45, 2.75) is 34.2 Å². The number of nitro benzene ring substituents is 1. The van der Waals surface area contributed by atoms with E-state index in [1.54, 1.807) is 38.1 Å². The number of hydrogen-bond acceptors (Lipinski definition) is 5. The lowest BCUT2D eigenvalue weighted by atomic mass is 10.1. The van der Waals surface area contributed by atoms with Crippen LogP contribution in [0.3, 0.4) is 0 Å². The number of hydrazone groups is 1. The van der Waals surface area contributed by atoms with E-state index in [9.17, 15) is 14.9 Å². The summed E-state index contributed by atoms with van der Waals surface area (Å²) in [6.07, 6.45) is 0. The number of nitro groups is 1. The van der Waals surface area contributed by atoms with Gasteiger partial charge in [-0.15, -0.1) is 0 Å². The number of hydrogen-bond donors (Lipinski definition) is 1. The number of carbonyl (C=O) groups excluding carboxylic acids is 1. The summed E-state index contributed by atoms with van der Waals surface area (Å²) in [5.41, 5.74) is 6.32. The Morgan fingerprint density at radius 2 is 1.93 bits per heavy atom. The highest BCUT2D eigenvalue weighted by Gasteiger charge is 2.13. The molecule has 2 aromatic carbocycles. The maximum absolute atomic E-state index is 12.5. The lowest BCUT2D eigenvalue weighted by Gasteiger charge is -2.05. The number of benzene rings is 2. The fourth-order valence-corrected chi connectivity index (χ4v) is 3.09. The normalized spacial score (nSPS) is 11.6. The fourth-order valence-electron chi connectivity index (χ4n) is 3.09. The Hall–Kier alpha value is -3.55. The number of rotatable bonds is 5. The zero-order valence-electron chi connectivity index (χ0n) is 16.2. The van der Waals surface area contributed by atoms with Crippen molar-refractivity contribution in [3.63, 3.8) is 0 Å². The molecule has 1 amide bonds. The third-order valence-corrected chi connectivity index (χ3v) is 4.67. The van der Waals surface area contributed by atoms with Crippen LogP contribution >= 0.6 is 0 Å². The molecule has 8 nitrogen and oxygen atoms in total. The average Bonchev–Trinajstić information content (AvgIpc) is 2.99. The van der Waals surface area contributed by atoms with Crippen LogP contribution in [0.2, 0.25) is 0 Å². The minimum atomic E-state index is -0.433. The molecule has 144 valence electrons. The van der Waals surface area contributed by atoms with Crippen LogP contribution in [0.4, 0.5) is 5.69 Å². The van der Waals surface area contributed by atoms with E-state index in [0.29, 0.717) is 22.4 Å². The first-order chi connectivity index (χ1) is 13.3. The second kappa shape index (κ2) is 7.59. The number of carbonyl (C=O) groups is 1. The Balaban J connectivity index is 1.82. The highest BCUT2D eigenvalue weighted by molar-refractivity contribution is 6.02. The summed E-state index contributed by atoms with van der Waals surface area (Å²) in [6, 6.07) is 10.2. The third-order valence-electron chi connectivity index (χ3n) is 4.67. The molecule has 0 spiro atoms. The summed E-state index contributed by atoms with van der Waals surface area (Å²) >= 11 is 0. The zero-order valence-corrected chi connectivity index (χ0v) is 16.2. The average molecular weight is 379 g/mol. The van der Waals surface area contributed by atoms with Crippen LogP contribution in [0.5, 0.6) is 0 Å². The van der Waals surface area contributed by atoms with Crippen LogP contribution in [0.25, 0.3) is 11.0 Å². The molecule has 0 fully saturated rings. The largest absolute Gasteiger partial charge is 0.329 e. The van der Waals surface area contributed by atoms with Gasteiger partial charge >= 0.3 is 0 Å². The fraction of sp³-hybridized carbons (Fsp3) is 0.250. The summed E-state index contributed by atoms with van der Waals surface area (Å²) < 4.78 is 2.07. The number of nitrogens with zero attached hydrogens (tertiary/aromatic N) is 4. The molecule has 0 bridgehead atoms. The van der Waals surface area contributed by atoms with Crippen molar-refractivity contribution in [3.05, 3.63) is 69.0 Å². The van der Waals surface area contributed by atoms with Gasteiger partial charge in [0.15, 0.2) is 0 Å². The molecule has 1 aromatic heterocycles. The van der Waals surface area contributed by atoms with E-state index in [1.165, 1.54) is 6.07 Å². The summed E-state index contributed by atoms with van der Waals surface area (Å²) in [6.45, 7) is 8.14. The molecular weight excluding hydrogens is 358 g/mol. The topological polar surface area (TPSA) is 102 Å². The maximum Gasteiger partial charge on any atom is 0.272 e. The quantitative estimate of drug-likeness (QED) is 0.414. The van der Waals surface area contributed by atoms with Gasteiger partial charge in [-0.2, -0.15) is 5.10 Å². The van der Waals surface area contributed by atoms with Gasteiger partial charge in [-0.05, 0) is 45.9 Å². The SMILES string of the molecule is CCn1c(C)nc2cc(C(=O)N/N=C(\C)c3ccc(C)c([N+](=O)[O-])c3)ccc21. The lowest BCUT2D eigenvalue weighted by molar-refractivity contribution is -0.385. The summed E-state index contributed by atoms with van der Waals surface area (Å²) in [5, 5.41) is 15.2. The van der Waals surface area contributed by atoms with E-state index in [2.05, 4.69) is 20.1 Å². The summed E-state index contributed by atoms with van der Waals surface area (Å²) in [7, 11) is 0. The van der Waals surface area contributed by atoms with Gasteiger partial charge in [0.25, 0.3) is 11.6 Å². The van der Waals surface area contributed by atoms with Gasteiger partial charge in [0.05, 0.1) is 21.7 Å². The van der Waals surface area contributed by atoms with Crippen LogP contribution in [-0.2, 0) is 6.54 Å². The van der Waals surface area contributed by atoms with Gasteiger partial charge in [0, 0.05) is 29.3 Å². The van der Waals surface area contributed by atoms with Crippen molar-refractivity contribution in [1.29, 1.82) is 0 Å². The molecule has 0 aliphatic heterocycles. The van der Waals surface area contributed by atoms with Gasteiger partial charge < -0.3 is 4.57 Å². The van der Waals surface area contributed by atoms with Crippen molar-refractivity contribution in [2.24, 2.45) is 5.10 Å². The number of amides is 1. The van der Waals surface area contributed by atoms with E-state index >= 15 is 0 Å². The maximum atomic E-state index is 12.5. The van der Waals surface area contributed by atoms with E-state index in [1.807, 2.05) is 19.9 Å². The summed E-state index contributed by atoms with van der Waals surface area (Å²) in [5.74, 6) is 0.524. The van der Waals surface area contributed by atoms with Gasteiger partial charge in [-0.3, -0.25) is 14.9 Å². The minimum Gasteiger partial charge on any atom is -0.329 e. The predicted molar refractivity (Wildman–Crippen MR) is 108 cm³/mol. The molecule has 0 radical (unpaired) electrons. The molecule has 0 unspecified atom stereocenters. The highest BCUT2D eigenvalue weighted by Crippen LogP contribution is 2.20. The molecule has 1 heterocycles. The minimum absolute atomic E-state index is 0.0192. The Labute approximate surface area is 162 Å². The second-order valence-electron chi connectivity index (χ2n) is 6.50. The van der Waals surface area contributed by atoms with Crippen LogP contribution in [-0.4, -0.2) is 26.1 Å². The number of nitrogens with one attached hydrogen (secondary N) is 1. The van der Waals surface area contributed by atoms with Crippen LogP contribution < -0.4 is 5.43 Å². The molecule has 28 heavy (non-hydrogen) atoms. The molecule has 0 atom stereocenters. The second-order valence-corrected chi connectivity index (χ2v) is 6.50. The van der Waals surface area contributed by atoms with E-state index in [-0.39, 0.29) is 11.6 Å². The van der Waals surface area contributed by atoms with Crippen LogP contribution in [0.1, 0.15) is 41.2 Å². The molecule has 0 saturated carbocycles. The molecule has 0 aliphatic rings. The van der Waals surface area contributed by atoms with Gasteiger partial charge in [-0.1, -0.05) is 12.1 Å². The van der Waals surface area contributed by atoms with E-state index in [4.69, 9.17) is 0 Å². The van der Waals surface area contributed by atoms with Crippen molar-refractivity contribution in [2.75, 3.05) is 0 Å². The molecule has 3 rings (SSSR count). The molecule has 8 heteroatoms. The Bertz CT molecular complexity index is 1110. The standard InChI is InChI=1S/C20H21N5O3/c1-5-24-14(4)21-17-10-16(8-9-18(17)24)20(26)23-22-13(3)15-7-6-12(2)19(11-15)25(27)28/h6-11H,5H2,1-4H3,(H,23,26)/b22-13+. The van der Waals surface area contributed by atoms with Gasteiger partial charge in [0.2, 0.25) is 0 Å². The molecular formula is C20H21N5O3. The van der Waals surface area contributed by atoms with Crippen molar-refractivity contribution in [1.82, 2.24) is 15.0 Å². The Kier molecular flexibility index (Phi) is 5.21. The van der Waals surface area contributed by atoms with Gasteiger partial charge in [0.1, 0.15) is 5.82 Å². The predicted octanol–water partition coefficient (Wildman–Crippen LogP) is 3.74. The molecule has 3 aromatic rings. The number of aromatic nitrogens is 2. The number of imidazole rings is 1. The highest BCUT2D eigenvalue weighted by atomic mass is 16.6. The lowest BCUT2D eigenvalue weighted by Crippen LogP contribution is -2.19. The van der Waals surface area contributed by atoms with E-state index in [0.717, 1.165) is 23.4 Å². The third kappa shape index (κ3) is 3.62. The Morgan fingerprint density at radius 3 is 2.61 bits per heavy atom. The van der Waals surface area contributed by atoms with Crippen molar-refractivity contribution in [3.8, 4) is 0 Å². The van der Waals surface area contributed by atoms with Crippen LogP contribution in [0.15, 0.2) is 41.5 Å². The molecule has 0 saturated heterocycles. The molecule has 1 N–H and O–H groups in total. The number of aryl methyl sites for hydroxylation is 3. The monoisotopic (exact) mass is 379 g/mol. The zero-order chi connectivity index (χ0) is 20.4. The first-order valence-electron chi connectivity index (χ1n) is 8.88. The smallest absolute Gasteiger partial charge is 0.272 e. The first-order valence-corrected chi connectivity index (χ1v) is 8.88. The van der Waals surface area contributed by atoms with Crippen molar-refractivity contribution >= 4 is 28.3 Å². The number of fused-ring (bicyclic) bond motifs is 1. The van der Waals surface area contributed by atoms with Crippen LogP contribution in [0, 0.1) is 24.0 Å². The Morgan fingerprint density at radius 1 is 1.21 bits per heavy atom. The van der Waals surface area contributed by atoms with Gasteiger partial charge in [-0.25, -0.2) is 10.4 Å². The first kappa shape index (κ1) is 19.2. The van der Waals surface area contributed by atoms with E-state index < -0.39 is 4.92 Å². The molecule has 0 aliphatic carbocycles. The van der Waals surface area contributed by atoms with Crippen molar-refractivity contribution < 1.29 is 9.72 Å².